The second-order valence-electron chi connectivity index (χ2n) is 10.8. The van der Waals surface area contributed by atoms with E-state index in [-0.39, 0.29) is 30.2 Å². The second kappa shape index (κ2) is 9.21. The molecule has 1 spiro atoms. The molecule has 2 aliphatic rings. The Morgan fingerprint density at radius 2 is 1.63 bits per heavy atom. The number of nitrogens with zero attached hydrogens (tertiary/aromatic N) is 2. The fourth-order valence-corrected chi connectivity index (χ4v) is 5.04. The quantitative estimate of drug-likeness (QED) is 0.233. The van der Waals surface area contributed by atoms with Gasteiger partial charge in [-0.2, -0.15) is 0 Å². The minimum absolute atomic E-state index is 0.0684. The summed E-state index contributed by atoms with van der Waals surface area (Å²) in [5.74, 6) is -3.00. The first-order valence-corrected chi connectivity index (χ1v) is 14.2. The zero-order valence-electron chi connectivity index (χ0n) is 21.0. The Kier molecular flexibility index (Phi) is 7.14. The maximum Gasteiger partial charge on any atom is 0.339 e. The maximum atomic E-state index is 13.1. The molecule has 3 rings (SSSR count). The van der Waals surface area contributed by atoms with Crippen LogP contribution in [0.4, 0.5) is 11.4 Å². The van der Waals surface area contributed by atoms with E-state index in [1.54, 1.807) is 13.8 Å². The van der Waals surface area contributed by atoms with Crippen LogP contribution >= 0.6 is 0 Å². The van der Waals surface area contributed by atoms with E-state index in [1.165, 1.54) is 0 Å². The van der Waals surface area contributed by atoms with Gasteiger partial charge in [-0.15, -0.1) is 0 Å². The topological polar surface area (TPSA) is 149 Å². The minimum atomic E-state index is -2.31. The summed E-state index contributed by atoms with van der Waals surface area (Å²) in [6.45, 7) is 14.0. The summed E-state index contributed by atoms with van der Waals surface area (Å²) in [6, 6.07) is 2.69. The lowest BCUT2D eigenvalue weighted by molar-refractivity contribution is -0.394. The molecule has 0 amide bonds. The van der Waals surface area contributed by atoms with Crippen LogP contribution in [0.25, 0.3) is 0 Å². The molecule has 13 heteroatoms. The van der Waals surface area contributed by atoms with E-state index < -0.39 is 59.3 Å². The smallest absolute Gasteiger partial charge is 0.339 e. The molecule has 0 bridgehead atoms. The molecule has 0 radical (unpaired) electrons. The van der Waals surface area contributed by atoms with E-state index in [0.717, 1.165) is 18.2 Å². The fourth-order valence-electron chi connectivity index (χ4n) is 3.71. The molecule has 2 heterocycles. The third-order valence-corrected chi connectivity index (χ3v) is 11.1. The molecule has 0 aliphatic carbocycles. The van der Waals surface area contributed by atoms with Crippen molar-refractivity contribution < 1.29 is 38.0 Å². The zero-order chi connectivity index (χ0) is 26.4. The number of hydrogen-bond acceptors (Lipinski definition) is 10. The van der Waals surface area contributed by atoms with E-state index in [4.69, 9.17) is 23.4 Å². The van der Waals surface area contributed by atoms with Gasteiger partial charge in [-0.05, 0) is 32.0 Å². The Bertz CT molecular complexity index is 990. The number of ether oxygens (including phenoxy) is 4. The van der Waals surface area contributed by atoms with Crippen LogP contribution in [0.1, 0.15) is 51.4 Å². The minimum Gasteiger partial charge on any atom is -0.456 e. The van der Waals surface area contributed by atoms with Crippen molar-refractivity contribution in [2.75, 3.05) is 13.2 Å². The van der Waals surface area contributed by atoms with Crippen molar-refractivity contribution in [2.45, 2.75) is 83.0 Å². The van der Waals surface area contributed by atoms with Crippen molar-refractivity contribution in [2.24, 2.45) is 0 Å². The summed E-state index contributed by atoms with van der Waals surface area (Å²) in [4.78, 5) is 34.0. The summed E-state index contributed by atoms with van der Waals surface area (Å²) in [5.41, 5.74) is -1.47. The summed E-state index contributed by atoms with van der Waals surface area (Å²) in [5, 5.41) is 22.4. The SMILES string of the molecule is CC1(C)OC[C@@]2(C[C@@H](OC(=O)c3cc([N+](=O)[O-])cc([N+](=O)[O-])c3)[C@H](O[Si](C)(C)C(C)(C)C)CO2)O1. The number of carbonyl (C=O) groups excluding carboxylic acids is 1. The number of nitro benzene ring substituents is 2. The summed E-state index contributed by atoms with van der Waals surface area (Å²) in [6.07, 6.45) is -1.38. The predicted octanol–water partition coefficient (Wildman–Crippen LogP) is 4.32. The number of hydrogen-bond donors (Lipinski definition) is 0. The highest BCUT2D eigenvalue weighted by molar-refractivity contribution is 6.74. The molecule has 12 nitrogen and oxygen atoms in total. The highest BCUT2D eigenvalue weighted by Gasteiger charge is 2.54. The molecule has 0 saturated carbocycles. The molecule has 3 atom stereocenters. The molecule has 2 aliphatic heterocycles. The van der Waals surface area contributed by atoms with Crippen molar-refractivity contribution >= 4 is 25.7 Å². The molecule has 0 N–H and O–H groups in total. The standard InChI is InChI=1S/C22H32N2O10Si/c1-20(2,3)35(6,7)33-18-12-30-22(13-31-21(4,5)34-22)11-17(18)32-19(25)14-8-15(23(26)27)10-16(9-14)24(28)29/h8-10,17-18H,11-13H2,1-7H3/t17-,18-,22-/m1/s1. The first-order valence-electron chi connectivity index (χ1n) is 11.2. The summed E-state index contributed by atoms with van der Waals surface area (Å²) >= 11 is 0. The average molecular weight is 513 g/mol. The summed E-state index contributed by atoms with van der Waals surface area (Å²) < 4.78 is 30.0. The second-order valence-corrected chi connectivity index (χ2v) is 15.6. The Morgan fingerprint density at radius 3 is 2.09 bits per heavy atom. The molecule has 2 saturated heterocycles. The fraction of sp³-hybridized carbons (Fsp3) is 0.682. The van der Waals surface area contributed by atoms with Crippen LogP contribution in [-0.2, 0) is 23.4 Å². The van der Waals surface area contributed by atoms with Gasteiger partial charge in [0.25, 0.3) is 11.4 Å². The van der Waals surface area contributed by atoms with Crippen LogP contribution in [0.15, 0.2) is 18.2 Å². The predicted molar refractivity (Wildman–Crippen MR) is 125 cm³/mol. The van der Waals surface area contributed by atoms with Crippen molar-refractivity contribution in [1.29, 1.82) is 0 Å². The van der Waals surface area contributed by atoms with Crippen LogP contribution in [0.5, 0.6) is 0 Å². The molecule has 35 heavy (non-hydrogen) atoms. The normalized spacial score (nSPS) is 26.5. The van der Waals surface area contributed by atoms with E-state index in [1.807, 2.05) is 0 Å². The van der Waals surface area contributed by atoms with E-state index in [2.05, 4.69) is 33.9 Å². The molecule has 1 aromatic rings. The molecule has 2 fully saturated rings. The highest BCUT2D eigenvalue weighted by Crippen LogP contribution is 2.43. The van der Waals surface area contributed by atoms with E-state index >= 15 is 0 Å². The Morgan fingerprint density at radius 1 is 1.06 bits per heavy atom. The van der Waals surface area contributed by atoms with Crippen molar-refractivity contribution in [1.82, 2.24) is 0 Å². The maximum absolute atomic E-state index is 13.1. The molecular formula is C22H32N2O10Si. The van der Waals surface area contributed by atoms with Crippen molar-refractivity contribution in [3.05, 3.63) is 44.0 Å². The van der Waals surface area contributed by atoms with Gasteiger partial charge >= 0.3 is 5.97 Å². The lowest BCUT2D eigenvalue weighted by atomic mass is 10.0. The first kappa shape index (κ1) is 27.1. The molecular weight excluding hydrogens is 480 g/mol. The van der Waals surface area contributed by atoms with E-state index in [0.29, 0.717) is 0 Å². The number of nitro groups is 2. The monoisotopic (exact) mass is 512 g/mol. The highest BCUT2D eigenvalue weighted by atomic mass is 28.4. The van der Waals surface area contributed by atoms with Crippen LogP contribution in [0.2, 0.25) is 18.1 Å². The van der Waals surface area contributed by atoms with E-state index in [9.17, 15) is 25.0 Å². The number of carbonyl (C=O) groups is 1. The Hall–Kier alpha value is -2.45. The van der Waals surface area contributed by atoms with Crippen LogP contribution < -0.4 is 0 Å². The van der Waals surface area contributed by atoms with Gasteiger partial charge in [0.2, 0.25) is 0 Å². The van der Waals surface area contributed by atoms with Gasteiger partial charge in [0.15, 0.2) is 19.9 Å². The van der Waals surface area contributed by atoms with Gasteiger partial charge < -0.3 is 23.4 Å². The number of esters is 1. The lowest BCUT2D eigenvalue weighted by Crippen LogP contribution is -2.57. The number of benzene rings is 1. The first-order chi connectivity index (χ1) is 15.9. The average Bonchev–Trinajstić information content (AvgIpc) is 3.02. The van der Waals surface area contributed by atoms with Crippen molar-refractivity contribution in [3.8, 4) is 0 Å². The number of rotatable bonds is 6. The van der Waals surface area contributed by atoms with Crippen LogP contribution in [-0.4, -0.2) is 61.1 Å². The molecule has 0 aromatic heterocycles. The van der Waals surface area contributed by atoms with Gasteiger partial charge in [-0.1, -0.05) is 20.8 Å². The molecule has 1 aromatic carbocycles. The van der Waals surface area contributed by atoms with Gasteiger partial charge in [0.05, 0.1) is 28.1 Å². The van der Waals surface area contributed by atoms with Gasteiger partial charge in [0, 0.05) is 18.6 Å². The van der Waals surface area contributed by atoms with Crippen LogP contribution in [0.3, 0.4) is 0 Å². The zero-order valence-corrected chi connectivity index (χ0v) is 22.0. The van der Waals surface area contributed by atoms with Gasteiger partial charge in [-0.25, -0.2) is 4.79 Å². The third-order valence-electron chi connectivity index (χ3n) is 6.58. The summed E-state index contributed by atoms with van der Waals surface area (Å²) in [7, 11) is -2.31. The largest absolute Gasteiger partial charge is 0.456 e. The van der Waals surface area contributed by atoms with Gasteiger partial charge in [0.1, 0.15) is 18.8 Å². The lowest BCUT2D eigenvalue weighted by Gasteiger charge is -2.45. The molecule has 0 unspecified atom stereocenters. The van der Waals surface area contributed by atoms with Crippen molar-refractivity contribution in [3.63, 3.8) is 0 Å². The molecule has 194 valence electrons. The van der Waals surface area contributed by atoms with Gasteiger partial charge in [-0.3, -0.25) is 20.2 Å². The third kappa shape index (κ3) is 6.04. The Labute approximate surface area is 204 Å². The Balaban J connectivity index is 1.91. The van der Waals surface area contributed by atoms with Crippen LogP contribution in [0, 0.1) is 20.2 Å². The number of non-ortho nitro benzene ring substituents is 2.